The quantitative estimate of drug-likeness (QED) is 0.202. The molecule has 4 heterocycles. The Balaban J connectivity index is 1.21. The third-order valence-electron chi connectivity index (χ3n) is 9.98. The minimum absolute atomic E-state index is 1.14. The first kappa shape index (κ1) is 24.1. The lowest BCUT2D eigenvalue weighted by Crippen LogP contribution is -1.98. The molecular formula is C42H26N4. The summed E-state index contributed by atoms with van der Waals surface area (Å²) in [7, 11) is 0. The lowest BCUT2D eigenvalue weighted by atomic mass is 10.1. The third kappa shape index (κ3) is 3.03. The van der Waals surface area contributed by atoms with Gasteiger partial charge >= 0.3 is 0 Å². The highest BCUT2D eigenvalue weighted by Gasteiger charge is 2.20. The Morgan fingerprint density at radius 1 is 0.326 bits per heavy atom. The van der Waals surface area contributed by atoms with Gasteiger partial charge in [0.05, 0.1) is 33.1 Å². The van der Waals surface area contributed by atoms with Gasteiger partial charge in [-0.3, -0.25) is 0 Å². The molecule has 11 rings (SSSR count). The first-order chi connectivity index (χ1) is 22.8. The van der Waals surface area contributed by atoms with Gasteiger partial charge in [0.2, 0.25) is 0 Å². The van der Waals surface area contributed by atoms with E-state index >= 15 is 0 Å². The van der Waals surface area contributed by atoms with Crippen molar-refractivity contribution in [1.29, 1.82) is 0 Å². The molecule has 0 spiro atoms. The van der Waals surface area contributed by atoms with Crippen molar-refractivity contribution in [3.05, 3.63) is 146 Å². The Labute approximate surface area is 262 Å². The number of aromatic nitrogens is 4. The average molecular weight is 587 g/mol. The van der Waals surface area contributed by atoms with Crippen LogP contribution in [0.25, 0.3) is 98.6 Å². The summed E-state index contributed by atoms with van der Waals surface area (Å²) in [6.07, 6.45) is 0. The smallest absolute Gasteiger partial charge is 0.0566 e. The number of H-pyrrole nitrogens is 2. The molecule has 0 saturated carbocycles. The van der Waals surface area contributed by atoms with Crippen molar-refractivity contribution in [2.75, 3.05) is 0 Å². The second-order valence-electron chi connectivity index (χ2n) is 12.3. The highest BCUT2D eigenvalue weighted by atomic mass is 15.0. The van der Waals surface area contributed by atoms with E-state index in [1.165, 1.54) is 87.2 Å². The van der Waals surface area contributed by atoms with E-state index < -0.39 is 0 Å². The van der Waals surface area contributed by atoms with Crippen LogP contribution in [0.2, 0.25) is 0 Å². The molecule has 0 aliphatic heterocycles. The Kier molecular flexibility index (Phi) is 4.55. The lowest BCUT2D eigenvalue weighted by Gasteiger charge is -2.13. The van der Waals surface area contributed by atoms with Crippen LogP contribution in [-0.4, -0.2) is 19.1 Å². The summed E-state index contributed by atoms with van der Waals surface area (Å²) in [5.74, 6) is 0. The predicted molar refractivity (Wildman–Crippen MR) is 194 cm³/mol. The van der Waals surface area contributed by atoms with Crippen molar-refractivity contribution in [3.8, 4) is 11.4 Å². The van der Waals surface area contributed by atoms with Crippen LogP contribution in [0.4, 0.5) is 0 Å². The summed E-state index contributed by atoms with van der Waals surface area (Å²) < 4.78 is 4.84. The second-order valence-corrected chi connectivity index (χ2v) is 12.3. The van der Waals surface area contributed by atoms with Crippen molar-refractivity contribution in [2.24, 2.45) is 0 Å². The summed E-state index contributed by atoms with van der Waals surface area (Å²) in [6.45, 7) is 0. The molecule has 0 radical (unpaired) electrons. The van der Waals surface area contributed by atoms with E-state index in [4.69, 9.17) is 0 Å². The molecule has 0 saturated heterocycles. The molecule has 7 aromatic carbocycles. The number of rotatable bonds is 2. The van der Waals surface area contributed by atoms with Gasteiger partial charge in [-0.25, -0.2) is 0 Å². The number of fused-ring (bicyclic) bond motifs is 14. The molecule has 214 valence electrons. The number of benzene rings is 7. The molecule has 0 atom stereocenters. The van der Waals surface area contributed by atoms with Gasteiger partial charge in [0, 0.05) is 65.5 Å². The number of aromatic amines is 2. The average Bonchev–Trinajstić information content (AvgIpc) is 3.85. The maximum absolute atomic E-state index is 3.76. The fourth-order valence-electron chi connectivity index (χ4n) is 8.08. The summed E-state index contributed by atoms with van der Waals surface area (Å²) >= 11 is 0. The van der Waals surface area contributed by atoms with E-state index in [0.29, 0.717) is 0 Å². The minimum atomic E-state index is 1.14. The molecule has 0 unspecified atom stereocenters. The molecule has 4 aromatic heterocycles. The molecule has 0 fully saturated rings. The summed E-state index contributed by atoms with van der Waals surface area (Å²) in [5, 5.41) is 10.0. The van der Waals surface area contributed by atoms with Crippen LogP contribution in [0.5, 0.6) is 0 Å². The summed E-state index contributed by atoms with van der Waals surface area (Å²) in [4.78, 5) is 7.51. The third-order valence-corrected chi connectivity index (χ3v) is 9.98. The first-order valence-electron chi connectivity index (χ1n) is 15.8. The monoisotopic (exact) mass is 586 g/mol. The van der Waals surface area contributed by atoms with Crippen molar-refractivity contribution in [1.82, 2.24) is 19.1 Å². The Bertz CT molecular complexity index is 2830. The van der Waals surface area contributed by atoms with Crippen LogP contribution in [0.1, 0.15) is 0 Å². The highest BCUT2D eigenvalue weighted by molar-refractivity contribution is 6.26. The van der Waals surface area contributed by atoms with Crippen molar-refractivity contribution < 1.29 is 0 Å². The molecule has 11 aromatic rings. The maximum atomic E-state index is 3.76. The number of hydrogen-bond donors (Lipinski definition) is 2. The van der Waals surface area contributed by atoms with E-state index in [2.05, 4.69) is 165 Å². The molecule has 2 N–H and O–H groups in total. The first-order valence-corrected chi connectivity index (χ1v) is 15.8. The molecule has 0 bridgehead atoms. The molecule has 4 heteroatoms. The molecule has 0 amide bonds. The van der Waals surface area contributed by atoms with E-state index in [-0.39, 0.29) is 0 Å². The number of nitrogens with one attached hydrogen (secondary N) is 2. The van der Waals surface area contributed by atoms with Gasteiger partial charge in [0.1, 0.15) is 0 Å². The minimum Gasteiger partial charge on any atom is -0.354 e. The van der Waals surface area contributed by atoms with Crippen LogP contribution in [0.15, 0.2) is 146 Å². The standard InChI is InChI=1S/C42H26N4/c1-5-16-33-27(12-1)29-20-22-37-39(41(29)43-33)31-14-3-7-18-35(31)45(37)25-10-9-11-26(24-25)46-36-19-8-4-15-32(36)40-38(46)23-21-30-28-13-2-6-17-34(28)44-42(30)40/h1-24,43-44H. The van der Waals surface area contributed by atoms with E-state index in [1.54, 1.807) is 0 Å². The van der Waals surface area contributed by atoms with Crippen molar-refractivity contribution >= 4 is 87.2 Å². The van der Waals surface area contributed by atoms with Gasteiger partial charge in [-0.15, -0.1) is 0 Å². The Morgan fingerprint density at radius 3 is 1.26 bits per heavy atom. The lowest BCUT2D eigenvalue weighted by molar-refractivity contribution is 1.13. The molecular weight excluding hydrogens is 560 g/mol. The summed E-state index contributed by atoms with van der Waals surface area (Å²) in [5.41, 5.74) is 11.8. The van der Waals surface area contributed by atoms with Gasteiger partial charge in [0.15, 0.2) is 0 Å². The van der Waals surface area contributed by atoms with Crippen LogP contribution in [0.3, 0.4) is 0 Å². The van der Waals surface area contributed by atoms with Gasteiger partial charge in [-0.05, 0) is 54.6 Å². The number of para-hydroxylation sites is 4. The van der Waals surface area contributed by atoms with Gasteiger partial charge in [0.25, 0.3) is 0 Å². The zero-order valence-corrected chi connectivity index (χ0v) is 24.8. The van der Waals surface area contributed by atoms with E-state index in [9.17, 15) is 0 Å². The highest BCUT2D eigenvalue weighted by Crippen LogP contribution is 2.41. The zero-order chi connectivity index (χ0) is 29.9. The topological polar surface area (TPSA) is 41.4 Å². The molecule has 0 aliphatic carbocycles. The van der Waals surface area contributed by atoms with Crippen molar-refractivity contribution in [2.45, 2.75) is 0 Å². The molecule has 4 nitrogen and oxygen atoms in total. The SMILES string of the molecule is c1cc(-n2c3ccccc3c3c4[nH]c5ccccc5c4ccc32)cc(-n2c3ccccc3c3c4[nH]c5ccccc5c4ccc32)c1. The Morgan fingerprint density at radius 2 is 0.761 bits per heavy atom. The molecule has 46 heavy (non-hydrogen) atoms. The van der Waals surface area contributed by atoms with Gasteiger partial charge in [-0.1, -0.05) is 91.0 Å². The maximum Gasteiger partial charge on any atom is 0.0566 e. The van der Waals surface area contributed by atoms with Gasteiger partial charge < -0.3 is 19.1 Å². The number of hydrogen-bond acceptors (Lipinski definition) is 0. The fraction of sp³-hybridized carbons (Fsp3) is 0. The zero-order valence-electron chi connectivity index (χ0n) is 24.8. The largest absolute Gasteiger partial charge is 0.354 e. The van der Waals surface area contributed by atoms with Crippen LogP contribution < -0.4 is 0 Å². The normalized spacial score (nSPS) is 12.3. The van der Waals surface area contributed by atoms with Gasteiger partial charge in [-0.2, -0.15) is 0 Å². The van der Waals surface area contributed by atoms with Crippen LogP contribution in [-0.2, 0) is 0 Å². The number of nitrogens with zero attached hydrogens (tertiary/aromatic N) is 2. The van der Waals surface area contributed by atoms with Crippen LogP contribution in [0, 0.1) is 0 Å². The summed E-state index contributed by atoms with van der Waals surface area (Å²) in [6, 6.07) is 52.8. The van der Waals surface area contributed by atoms with E-state index in [0.717, 1.165) is 11.4 Å². The Hall–Kier alpha value is -6.26. The second kappa shape index (κ2) is 8.68. The fourth-order valence-corrected chi connectivity index (χ4v) is 8.08. The van der Waals surface area contributed by atoms with E-state index in [1.807, 2.05) is 0 Å². The molecule has 0 aliphatic rings. The van der Waals surface area contributed by atoms with Crippen molar-refractivity contribution in [3.63, 3.8) is 0 Å². The van der Waals surface area contributed by atoms with Crippen LogP contribution >= 0.6 is 0 Å². The predicted octanol–water partition coefficient (Wildman–Crippen LogP) is 11.1.